The Kier molecular flexibility index (Phi) is 5.15. The Balaban J connectivity index is 1.56. The van der Waals surface area contributed by atoms with Crippen molar-refractivity contribution in [3.8, 4) is 22.8 Å². The van der Waals surface area contributed by atoms with Gasteiger partial charge in [0.05, 0.1) is 35.2 Å². The molecule has 31 heavy (non-hydrogen) atoms. The van der Waals surface area contributed by atoms with E-state index in [4.69, 9.17) is 15.7 Å². The molecular formula is C23H28N8. The second-order valence-electron chi connectivity index (χ2n) is 8.61. The number of hydrogen-bond donors (Lipinski definition) is 2. The molecule has 3 N–H and O–H groups in total. The van der Waals surface area contributed by atoms with Crippen molar-refractivity contribution in [1.29, 1.82) is 0 Å². The van der Waals surface area contributed by atoms with Gasteiger partial charge in [0.1, 0.15) is 5.69 Å². The van der Waals surface area contributed by atoms with Gasteiger partial charge in [-0.3, -0.25) is 4.68 Å². The second kappa shape index (κ2) is 8.11. The maximum absolute atomic E-state index is 6.29. The molecule has 0 unspecified atom stereocenters. The maximum atomic E-state index is 6.29. The predicted molar refractivity (Wildman–Crippen MR) is 122 cm³/mol. The molecule has 5 rings (SSSR count). The zero-order valence-electron chi connectivity index (χ0n) is 18.0. The van der Waals surface area contributed by atoms with Crippen LogP contribution in [0, 0.1) is 5.92 Å². The van der Waals surface area contributed by atoms with Crippen molar-refractivity contribution in [1.82, 2.24) is 34.6 Å². The molecule has 0 spiro atoms. The molecule has 1 fully saturated rings. The zero-order valence-corrected chi connectivity index (χ0v) is 18.0. The van der Waals surface area contributed by atoms with Crippen molar-refractivity contribution in [3.05, 3.63) is 42.9 Å². The lowest BCUT2D eigenvalue weighted by atomic mass is 10.1. The van der Waals surface area contributed by atoms with Gasteiger partial charge in [-0.2, -0.15) is 5.10 Å². The SMILES string of the molecule is CC(C)Cn1c(-c2nc(-c3cnn(C4CCNCC4)c3)cnc2N)nc2ccccc21. The van der Waals surface area contributed by atoms with Crippen LogP contribution < -0.4 is 11.1 Å². The largest absolute Gasteiger partial charge is 0.382 e. The molecule has 0 radical (unpaired) electrons. The smallest absolute Gasteiger partial charge is 0.163 e. The fourth-order valence-electron chi connectivity index (χ4n) is 4.25. The summed E-state index contributed by atoms with van der Waals surface area (Å²) in [6.45, 7) is 7.27. The first-order valence-corrected chi connectivity index (χ1v) is 10.9. The Bertz CT molecular complexity index is 1200. The number of para-hydroxylation sites is 2. The third-order valence-corrected chi connectivity index (χ3v) is 5.79. The fraction of sp³-hybridized carbons (Fsp3) is 0.391. The number of nitrogens with one attached hydrogen (secondary N) is 1. The number of hydrogen-bond acceptors (Lipinski definition) is 6. The van der Waals surface area contributed by atoms with Crippen LogP contribution in [0.3, 0.4) is 0 Å². The van der Waals surface area contributed by atoms with E-state index in [1.54, 1.807) is 6.20 Å². The van der Waals surface area contributed by atoms with Crippen LogP contribution in [-0.2, 0) is 6.54 Å². The molecule has 4 aromatic rings. The van der Waals surface area contributed by atoms with Crippen molar-refractivity contribution in [3.63, 3.8) is 0 Å². The summed E-state index contributed by atoms with van der Waals surface area (Å²) in [6.07, 6.45) is 7.82. The zero-order chi connectivity index (χ0) is 21.4. The summed E-state index contributed by atoms with van der Waals surface area (Å²) in [5.74, 6) is 1.60. The van der Waals surface area contributed by atoms with Gasteiger partial charge in [-0.15, -0.1) is 0 Å². The van der Waals surface area contributed by atoms with E-state index >= 15 is 0 Å². The molecule has 8 nitrogen and oxygen atoms in total. The van der Waals surface area contributed by atoms with E-state index in [0.717, 1.165) is 60.6 Å². The van der Waals surface area contributed by atoms with Crippen LogP contribution in [0.1, 0.15) is 32.7 Å². The quantitative estimate of drug-likeness (QED) is 0.516. The number of anilines is 1. The first-order chi connectivity index (χ1) is 15.1. The molecule has 0 amide bonds. The van der Waals surface area contributed by atoms with Crippen LogP contribution in [0.15, 0.2) is 42.9 Å². The highest BCUT2D eigenvalue weighted by Gasteiger charge is 2.20. The van der Waals surface area contributed by atoms with Crippen LogP contribution in [0.4, 0.5) is 5.82 Å². The summed E-state index contributed by atoms with van der Waals surface area (Å²) < 4.78 is 4.25. The van der Waals surface area contributed by atoms with E-state index in [2.05, 4.69) is 50.8 Å². The summed E-state index contributed by atoms with van der Waals surface area (Å²) in [5, 5.41) is 8.00. The van der Waals surface area contributed by atoms with E-state index in [0.29, 0.717) is 23.5 Å². The summed E-state index contributed by atoms with van der Waals surface area (Å²) >= 11 is 0. The number of piperidine rings is 1. The molecule has 1 saturated heterocycles. The number of nitrogens with two attached hydrogens (primary N) is 1. The Morgan fingerprint density at radius 1 is 1.13 bits per heavy atom. The van der Waals surface area contributed by atoms with Gasteiger partial charge in [0.15, 0.2) is 11.6 Å². The van der Waals surface area contributed by atoms with Crippen molar-refractivity contribution >= 4 is 16.9 Å². The third kappa shape index (κ3) is 3.79. The molecule has 3 aromatic heterocycles. The van der Waals surface area contributed by atoms with E-state index in [1.807, 2.05) is 24.4 Å². The van der Waals surface area contributed by atoms with Crippen LogP contribution >= 0.6 is 0 Å². The Morgan fingerprint density at radius 2 is 1.94 bits per heavy atom. The minimum atomic E-state index is 0.384. The van der Waals surface area contributed by atoms with E-state index in [-0.39, 0.29) is 0 Å². The summed E-state index contributed by atoms with van der Waals surface area (Å²) in [7, 11) is 0. The molecule has 1 aliphatic heterocycles. The van der Waals surface area contributed by atoms with Crippen LogP contribution in [0.5, 0.6) is 0 Å². The average Bonchev–Trinajstić information content (AvgIpc) is 3.40. The molecule has 0 aliphatic carbocycles. The number of fused-ring (bicyclic) bond motifs is 1. The van der Waals surface area contributed by atoms with Gasteiger partial charge in [-0.05, 0) is 44.0 Å². The fourth-order valence-corrected chi connectivity index (χ4v) is 4.25. The van der Waals surface area contributed by atoms with Gasteiger partial charge in [0, 0.05) is 18.3 Å². The number of rotatable bonds is 5. The molecular weight excluding hydrogens is 388 g/mol. The molecule has 8 heteroatoms. The van der Waals surface area contributed by atoms with Crippen LogP contribution in [-0.4, -0.2) is 42.4 Å². The molecule has 160 valence electrons. The van der Waals surface area contributed by atoms with Gasteiger partial charge in [-0.25, -0.2) is 15.0 Å². The lowest BCUT2D eigenvalue weighted by molar-refractivity contribution is 0.343. The highest BCUT2D eigenvalue weighted by molar-refractivity contribution is 5.82. The molecule has 1 aliphatic rings. The minimum Gasteiger partial charge on any atom is -0.382 e. The van der Waals surface area contributed by atoms with Crippen molar-refractivity contribution in [2.24, 2.45) is 5.92 Å². The molecule has 0 saturated carbocycles. The number of nitrogen functional groups attached to an aromatic ring is 1. The number of aromatic nitrogens is 6. The second-order valence-corrected chi connectivity index (χ2v) is 8.61. The highest BCUT2D eigenvalue weighted by Crippen LogP contribution is 2.30. The van der Waals surface area contributed by atoms with E-state index in [1.165, 1.54) is 0 Å². The Hall–Kier alpha value is -3.26. The number of nitrogens with zero attached hydrogens (tertiary/aromatic N) is 6. The number of benzene rings is 1. The lowest BCUT2D eigenvalue weighted by Gasteiger charge is -2.22. The normalized spacial score (nSPS) is 15.2. The van der Waals surface area contributed by atoms with Crippen molar-refractivity contribution in [2.45, 2.75) is 39.3 Å². The maximum Gasteiger partial charge on any atom is 0.163 e. The summed E-state index contributed by atoms with van der Waals surface area (Å²) in [4.78, 5) is 14.2. The predicted octanol–water partition coefficient (Wildman–Crippen LogP) is 3.52. The van der Waals surface area contributed by atoms with Gasteiger partial charge in [0.25, 0.3) is 0 Å². The van der Waals surface area contributed by atoms with Crippen LogP contribution in [0.2, 0.25) is 0 Å². The van der Waals surface area contributed by atoms with Crippen molar-refractivity contribution in [2.75, 3.05) is 18.8 Å². The molecule has 0 bridgehead atoms. The van der Waals surface area contributed by atoms with Gasteiger partial charge >= 0.3 is 0 Å². The molecule has 0 atom stereocenters. The first-order valence-electron chi connectivity index (χ1n) is 10.9. The highest BCUT2D eigenvalue weighted by atomic mass is 15.3. The van der Waals surface area contributed by atoms with E-state index in [9.17, 15) is 0 Å². The van der Waals surface area contributed by atoms with Gasteiger partial charge < -0.3 is 15.6 Å². The molecule has 1 aromatic carbocycles. The number of imidazole rings is 1. The topological polar surface area (TPSA) is 99.5 Å². The Labute approximate surface area is 181 Å². The first kappa shape index (κ1) is 19.7. The van der Waals surface area contributed by atoms with Gasteiger partial charge in [0.2, 0.25) is 0 Å². The van der Waals surface area contributed by atoms with Gasteiger partial charge in [-0.1, -0.05) is 26.0 Å². The summed E-state index contributed by atoms with van der Waals surface area (Å²) in [5.41, 5.74) is 10.6. The monoisotopic (exact) mass is 416 g/mol. The standard InChI is InChI=1S/C23H28N8/c1-15(2)13-30-20-6-4-3-5-18(20)29-23(30)21-22(24)26-12-19(28-21)16-11-27-31(14-16)17-7-9-25-10-8-17/h3-6,11-12,14-15,17,25H,7-10,13H2,1-2H3,(H2,24,26). The van der Waals surface area contributed by atoms with Crippen molar-refractivity contribution < 1.29 is 0 Å². The van der Waals surface area contributed by atoms with Crippen LogP contribution in [0.25, 0.3) is 33.8 Å². The van der Waals surface area contributed by atoms with E-state index < -0.39 is 0 Å². The minimum absolute atomic E-state index is 0.384. The lowest BCUT2D eigenvalue weighted by Crippen LogP contribution is -2.29. The Morgan fingerprint density at radius 3 is 2.74 bits per heavy atom. The average molecular weight is 417 g/mol. The molecule has 4 heterocycles. The summed E-state index contributed by atoms with van der Waals surface area (Å²) in [6, 6.07) is 8.56. The third-order valence-electron chi connectivity index (χ3n) is 5.79.